The monoisotopic (exact) mass is 332 g/mol. The third kappa shape index (κ3) is 4.10. The molecular formula is C18H24N2O2S. The predicted molar refractivity (Wildman–Crippen MR) is 98.5 cm³/mol. The van der Waals surface area contributed by atoms with E-state index in [2.05, 4.69) is 31.0 Å². The van der Waals surface area contributed by atoms with E-state index in [1.807, 2.05) is 19.1 Å². The Hall–Kier alpha value is -1.88. The Balaban J connectivity index is 2.32. The number of thiophene rings is 1. The minimum atomic E-state index is -0.317. The van der Waals surface area contributed by atoms with Crippen LogP contribution in [0.1, 0.15) is 44.9 Å². The van der Waals surface area contributed by atoms with Crippen molar-refractivity contribution in [1.29, 1.82) is 0 Å². The van der Waals surface area contributed by atoms with Crippen molar-refractivity contribution in [2.24, 2.45) is 0 Å². The van der Waals surface area contributed by atoms with Crippen molar-refractivity contribution in [2.75, 3.05) is 0 Å². The van der Waals surface area contributed by atoms with Crippen molar-refractivity contribution in [1.82, 2.24) is 9.55 Å². The van der Waals surface area contributed by atoms with Gasteiger partial charge in [-0.05, 0) is 32.3 Å². The van der Waals surface area contributed by atoms with E-state index in [0.717, 1.165) is 29.7 Å². The Kier molecular flexibility index (Phi) is 6.16. The molecule has 2 rings (SSSR count). The number of fused-ring (bicyclic) bond motifs is 1. The van der Waals surface area contributed by atoms with Crippen LogP contribution in [-0.4, -0.2) is 9.55 Å². The van der Waals surface area contributed by atoms with Crippen LogP contribution < -0.4 is 11.2 Å². The summed E-state index contributed by atoms with van der Waals surface area (Å²) in [5.74, 6) is 0. The van der Waals surface area contributed by atoms with Gasteiger partial charge >= 0.3 is 5.69 Å². The van der Waals surface area contributed by atoms with Gasteiger partial charge in [-0.3, -0.25) is 14.3 Å². The van der Waals surface area contributed by atoms with E-state index in [1.54, 1.807) is 0 Å². The van der Waals surface area contributed by atoms with Gasteiger partial charge in [0, 0.05) is 11.4 Å². The third-order valence-electron chi connectivity index (χ3n) is 3.78. The molecule has 4 nitrogen and oxygen atoms in total. The number of aromatic nitrogens is 2. The average Bonchev–Trinajstić information content (AvgIpc) is 2.93. The largest absolute Gasteiger partial charge is 0.329 e. The Morgan fingerprint density at radius 1 is 1.35 bits per heavy atom. The molecular weight excluding hydrogens is 308 g/mol. The van der Waals surface area contributed by atoms with Gasteiger partial charge in [0.25, 0.3) is 5.56 Å². The van der Waals surface area contributed by atoms with Crippen molar-refractivity contribution in [3.8, 4) is 0 Å². The molecule has 2 aromatic heterocycles. The minimum absolute atomic E-state index is 0.183. The van der Waals surface area contributed by atoms with Crippen LogP contribution in [0.5, 0.6) is 0 Å². The Morgan fingerprint density at radius 3 is 2.78 bits per heavy atom. The molecule has 0 bridgehead atoms. The second-order valence-electron chi connectivity index (χ2n) is 5.52. The molecule has 23 heavy (non-hydrogen) atoms. The van der Waals surface area contributed by atoms with Gasteiger partial charge in [0.2, 0.25) is 0 Å². The predicted octanol–water partition coefficient (Wildman–Crippen LogP) is 4.01. The SMILES string of the molecule is C/C=C(\C=C/CC)CCn1c(=O)[nH]c2sc(CCC)cc2c1=O. The Bertz CT molecular complexity index is 837. The molecule has 0 saturated heterocycles. The van der Waals surface area contributed by atoms with E-state index in [9.17, 15) is 9.59 Å². The lowest BCUT2D eigenvalue weighted by Crippen LogP contribution is -2.34. The minimum Gasteiger partial charge on any atom is -0.298 e. The molecule has 0 fully saturated rings. The van der Waals surface area contributed by atoms with E-state index in [-0.39, 0.29) is 11.2 Å². The number of hydrogen-bond donors (Lipinski definition) is 1. The molecule has 0 radical (unpaired) electrons. The van der Waals surface area contributed by atoms with E-state index in [4.69, 9.17) is 0 Å². The summed E-state index contributed by atoms with van der Waals surface area (Å²) in [4.78, 5) is 29.5. The van der Waals surface area contributed by atoms with Gasteiger partial charge in [0.15, 0.2) is 0 Å². The second-order valence-corrected chi connectivity index (χ2v) is 6.65. The van der Waals surface area contributed by atoms with E-state index in [1.165, 1.54) is 15.9 Å². The lowest BCUT2D eigenvalue weighted by Gasteiger charge is -2.05. The summed E-state index contributed by atoms with van der Waals surface area (Å²) in [6.45, 7) is 6.56. The van der Waals surface area contributed by atoms with Gasteiger partial charge in [-0.25, -0.2) is 4.79 Å². The Labute approximate surface area is 140 Å². The number of H-pyrrole nitrogens is 1. The number of allylic oxidation sites excluding steroid dienone is 4. The van der Waals surface area contributed by atoms with Gasteiger partial charge in [-0.1, -0.05) is 44.1 Å². The van der Waals surface area contributed by atoms with Gasteiger partial charge in [0.05, 0.1) is 5.39 Å². The molecule has 0 unspecified atom stereocenters. The summed E-state index contributed by atoms with van der Waals surface area (Å²) in [5.41, 5.74) is 0.634. The van der Waals surface area contributed by atoms with Crippen LogP contribution in [0.4, 0.5) is 0 Å². The molecule has 0 atom stereocenters. The van der Waals surface area contributed by atoms with Crippen molar-refractivity contribution in [3.63, 3.8) is 0 Å². The number of aromatic amines is 1. The zero-order valence-electron chi connectivity index (χ0n) is 14.0. The molecule has 124 valence electrons. The van der Waals surface area contributed by atoms with Crippen molar-refractivity contribution in [2.45, 2.75) is 53.0 Å². The number of hydrogen-bond acceptors (Lipinski definition) is 3. The normalized spacial score (nSPS) is 12.6. The summed E-state index contributed by atoms with van der Waals surface area (Å²) in [6.07, 6.45) is 9.77. The highest BCUT2D eigenvalue weighted by atomic mass is 32.1. The fraction of sp³-hybridized carbons (Fsp3) is 0.444. The van der Waals surface area contributed by atoms with E-state index in [0.29, 0.717) is 23.2 Å². The number of nitrogens with zero attached hydrogens (tertiary/aromatic N) is 1. The van der Waals surface area contributed by atoms with Crippen LogP contribution in [-0.2, 0) is 13.0 Å². The summed E-state index contributed by atoms with van der Waals surface area (Å²) < 4.78 is 1.31. The fourth-order valence-electron chi connectivity index (χ4n) is 2.50. The molecule has 0 aromatic carbocycles. The lowest BCUT2D eigenvalue weighted by atomic mass is 10.1. The van der Waals surface area contributed by atoms with Gasteiger partial charge < -0.3 is 0 Å². The zero-order valence-corrected chi connectivity index (χ0v) is 14.8. The molecule has 0 amide bonds. The van der Waals surface area contributed by atoms with Gasteiger partial charge in [-0.2, -0.15) is 0 Å². The molecule has 2 aromatic rings. The molecule has 0 spiro atoms. The summed E-state index contributed by atoms with van der Waals surface area (Å²) in [6, 6.07) is 1.92. The number of nitrogens with one attached hydrogen (secondary N) is 1. The lowest BCUT2D eigenvalue weighted by molar-refractivity contribution is 0.638. The summed E-state index contributed by atoms with van der Waals surface area (Å²) >= 11 is 1.51. The maximum Gasteiger partial charge on any atom is 0.329 e. The maximum atomic E-state index is 12.6. The van der Waals surface area contributed by atoms with Crippen LogP contribution in [0.25, 0.3) is 10.2 Å². The van der Waals surface area contributed by atoms with Gasteiger partial charge in [-0.15, -0.1) is 11.3 Å². The number of aryl methyl sites for hydroxylation is 1. The summed E-state index contributed by atoms with van der Waals surface area (Å²) in [5, 5.41) is 0.629. The topological polar surface area (TPSA) is 54.9 Å². The van der Waals surface area contributed by atoms with Crippen LogP contribution in [0.3, 0.4) is 0 Å². The summed E-state index contributed by atoms with van der Waals surface area (Å²) in [7, 11) is 0. The highest BCUT2D eigenvalue weighted by Crippen LogP contribution is 2.21. The van der Waals surface area contributed by atoms with Crippen LogP contribution in [0.2, 0.25) is 0 Å². The third-order valence-corrected chi connectivity index (χ3v) is 4.89. The molecule has 0 aliphatic heterocycles. The fourth-order valence-corrected chi connectivity index (χ4v) is 3.64. The molecule has 0 saturated carbocycles. The standard InChI is InChI=1S/C18H24N2O2S/c1-4-7-9-13(6-3)10-11-20-17(21)15-12-14(8-5-2)23-16(15)19-18(20)22/h6-7,9,12H,4-5,8,10-11H2,1-3H3,(H,19,22)/b9-7-,13-6+. The van der Waals surface area contributed by atoms with Crippen LogP contribution in [0, 0.1) is 0 Å². The first kappa shape index (κ1) is 17.5. The molecule has 0 aliphatic carbocycles. The van der Waals surface area contributed by atoms with Gasteiger partial charge in [0.1, 0.15) is 4.83 Å². The smallest absolute Gasteiger partial charge is 0.298 e. The average molecular weight is 332 g/mol. The van der Waals surface area contributed by atoms with E-state index < -0.39 is 0 Å². The first-order valence-electron chi connectivity index (χ1n) is 8.17. The number of rotatable bonds is 7. The zero-order chi connectivity index (χ0) is 16.8. The molecule has 5 heteroatoms. The highest BCUT2D eigenvalue weighted by Gasteiger charge is 2.11. The highest BCUT2D eigenvalue weighted by molar-refractivity contribution is 7.18. The molecule has 0 aliphatic rings. The Morgan fingerprint density at radius 2 is 2.13 bits per heavy atom. The first-order chi connectivity index (χ1) is 11.1. The first-order valence-corrected chi connectivity index (χ1v) is 8.99. The van der Waals surface area contributed by atoms with Crippen molar-refractivity contribution in [3.05, 3.63) is 55.6 Å². The maximum absolute atomic E-state index is 12.6. The van der Waals surface area contributed by atoms with Crippen molar-refractivity contribution < 1.29 is 0 Å². The van der Waals surface area contributed by atoms with Crippen LogP contribution >= 0.6 is 11.3 Å². The van der Waals surface area contributed by atoms with Crippen LogP contribution in [0.15, 0.2) is 39.5 Å². The van der Waals surface area contributed by atoms with E-state index >= 15 is 0 Å². The second kappa shape index (κ2) is 8.11. The molecule has 1 N–H and O–H groups in total. The quantitative estimate of drug-likeness (QED) is 0.779. The molecule has 2 heterocycles. The van der Waals surface area contributed by atoms with Crippen molar-refractivity contribution >= 4 is 21.6 Å².